The first-order chi connectivity index (χ1) is 9.37. The van der Waals surface area contributed by atoms with Crippen LogP contribution in [-0.2, 0) is 14.8 Å². The number of rotatable bonds is 4. The molecule has 20 heavy (non-hydrogen) atoms. The van der Waals surface area contributed by atoms with Crippen LogP contribution < -0.4 is 16.2 Å². The molecule has 0 fully saturated rings. The quantitative estimate of drug-likeness (QED) is 0.509. The van der Waals surface area contributed by atoms with Crippen molar-refractivity contribution >= 4 is 33.3 Å². The summed E-state index contributed by atoms with van der Waals surface area (Å²) in [5.41, 5.74) is 4.72. The lowest BCUT2D eigenvalue weighted by Gasteiger charge is -2.17. The van der Waals surface area contributed by atoms with Gasteiger partial charge in [0.2, 0.25) is 10.0 Å². The summed E-state index contributed by atoms with van der Waals surface area (Å²) in [6.45, 7) is -0.323. The molecule has 0 spiro atoms. The van der Waals surface area contributed by atoms with E-state index in [1.807, 2.05) is 0 Å². The number of nitrogens with one attached hydrogen (secondary N) is 3. The number of amides is 1. The summed E-state index contributed by atoms with van der Waals surface area (Å²) in [4.78, 5) is 11.7. The third kappa shape index (κ3) is 4.44. The third-order valence-electron chi connectivity index (χ3n) is 2.36. The van der Waals surface area contributed by atoms with Crippen molar-refractivity contribution in [3.63, 3.8) is 0 Å². The molecule has 7 nitrogen and oxygen atoms in total. The van der Waals surface area contributed by atoms with Crippen LogP contribution in [0.5, 0.6) is 0 Å². The second kappa shape index (κ2) is 7.17. The van der Waals surface area contributed by atoms with E-state index in [0.717, 1.165) is 4.31 Å². The number of hydrazine groups is 1. The Balaban J connectivity index is 2.64. The summed E-state index contributed by atoms with van der Waals surface area (Å²) in [7, 11) is -0.760. The molecule has 1 rings (SSSR count). The molecule has 0 unspecified atom stereocenters. The number of carbonyl (C=O) groups excluding carboxylic acids is 1. The Hall–Kier alpha value is -1.71. The maximum Gasteiger partial charge on any atom is 0.253 e. The fourth-order valence-electron chi connectivity index (χ4n) is 1.29. The van der Waals surface area contributed by atoms with E-state index in [4.69, 9.17) is 12.2 Å². The van der Waals surface area contributed by atoms with Gasteiger partial charge in [0.25, 0.3) is 5.91 Å². The molecule has 0 aliphatic rings. The van der Waals surface area contributed by atoms with E-state index >= 15 is 0 Å². The third-order valence-corrected chi connectivity index (χ3v) is 4.48. The molecule has 1 aromatic carbocycles. The maximum absolute atomic E-state index is 12.1. The first kappa shape index (κ1) is 16.3. The minimum absolute atomic E-state index is 0.133. The van der Waals surface area contributed by atoms with Crippen molar-refractivity contribution in [3.8, 4) is 0 Å². The molecule has 0 aromatic heterocycles. The van der Waals surface area contributed by atoms with E-state index in [-0.39, 0.29) is 16.6 Å². The molecular formula is C11H16N4O3S2. The van der Waals surface area contributed by atoms with Gasteiger partial charge in [0.05, 0.1) is 11.4 Å². The molecule has 110 valence electrons. The highest BCUT2D eigenvalue weighted by atomic mass is 32.2. The number of nitrogens with zero attached hydrogens (tertiary/aromatic N) is 1. The van der Waals surface area contributed by atoms with Crippen molar-refractivity contribution < 1.29 is 13.2 Å². The average Bonchev–Trinajstić information content (AvgIpc) is 2.45. The number of likely N-dealkylation sites (N-methyl/N-ethyl adjacent to an activating group) is 1. The molecule has 0 saturated heterocycles. The molecule has 0 saturated carbocycles. The Morgan fingerprint density at radius 2 is 1.85 bits per heavy atom. The van der Waals surface area contributed by atoms with Crippen molar-refractivity contribution in [2.24, 2.45) is 0 Å². The van der Waals surface area contributed by atoms with Gasteiger partial charge in [-0.25, -0.2) is 8.42 Å². The number of benzene rings is 1. The van der Waals surface area contributed by atoms with E-state index in [0.29, 0.717) is 0 Å². The first-order valence-corrected chi connectivity index (χ1v) is 7.50. The zero-order valence-corrected chi connectivity index (χ0v) is 12.7. The van der Waals surface area contributed by atoms with Gasteiger partial charge in [-0.1, -0.05) is 18.2 Å². The lowest BCUT2D eigenvalue weighted by Crippen LogP contribution is -2.49. The van der Waals surface area contributed by atoms with Crippen molar-refractivity contribution in [3.05, 3.63) is 30.3 Å². The van der Waals surface area contributed by atoms with E-state index in [9.17, 15) is 13.2 Å². The molecular weight excluding hydrogens is 300 g/mol. The summed E-state index contributed by atoms with van der Waals surface area (Å²) in [6, 6.07) is 7.89. The minimum atomic E-state index is -3.68. The zero-order valence-electron chi connectivity index (χ0n) is 11.1. The SMILES string of the molecule is CNC(=S)NNC(=O)CN(C)S(=O)(=O)c1ccccc1. The monoisotopic (exact) mass is 316 g/mol. The number of hydrogen-bond acceptors (Lipinski definition) is 4. The van der Waals surface area contributed by atoms with Gasteiger partial charge in [0.1, 0.15) is 0 Å². The van der Waals surface area contributed by atoms with Crippen LogP contribution in [-0.4, -0.2) is 44.4 Å². The largest absolute Gasteiger partial charge is 0.364 e. The number of hydrogen-bond donors (Lipinski definition) is 3. The van der Waals surface area contributed by atoms with Gasteiger partial charge in [-0.2, -0.15) is 4.31 Å². The predicted octanol–water partition coefficient (Wildman–Crippen LogP) is -0.568. The normalized spacial score (nSPS) is 10.9. The molecule has 0 aliphatic heterocycles. The maximum atomic E-state index is 12.1. The molecule has 0 bridgehead atoms. The van der Waals surface area contributed by atoms with Gasteiger partial charge in [-0.3, -0.25) is 15.6 Å². The van der Waals surface area contributed by atoms with E-state index in [2.05, 4.69) is 16.2 Å². The van der Waals surface area contributed by atoms with Gasteiger partial charge >= 0.3 is 0 Å². The van der Waals surface area contributed by atoms with Gasteiger partial charge in [0.15, 0.2) is 5.11 Å². The van der Waals surface area contributed by atoms with Crippen LogP contribution in [0.25, 0.3) is 0 Å². The highest BCUT2D eigenvalue weighted by Gasteiger charge is 2.22. The van der Waals surface area contributed by atoms with Gasteiger partial charge in [-0.15, -0.1) is 0 Å². The summed E-state index contributed by atoms with van der Waals surface area (Å²) in [6.07, 6.45) is 0. The molecule has 0 aliphatic carbocycles. The van der Waals surface area contributed by atoms with Gasteiger partial charge in [-0.05, 0) is 24.4 Å². The average molecular weight is 316 g/mol. The van der Waals surface area contributed by atoms with Crippen molar-refractivity contribution in [2.45, 2.75) is 4.90 Å². The molecule has 0 atom stereocenters. The standard InChI is InChI=1S/C11H16N4O3S2/c1-12-11(19)14-13-10(16)8-15(2)20(17,18)9-6-4-3-5-7-9/h3-7H,8H2,1-2H3,(H,13,16)(H2,12,14,19). The minimum Gasteiger partial charge on any atom is -0.364 e. The van der Waals surface area contributed by atoms with Crippen molar-refractivity contribution in [1.29, 1.82) is 0 Å². The summed E-state index contributed by atoms with van der Waals surface area (Å²) in [5, 5.41) is 2.83. The van der Waals surface area contributed by atoms with Crippen LogP contribution in [0.15, 0.2) is 35.2 Å². The summed E-state index contributed by atoms with van der Waals surface area (Å²) in [5.74, 6) is -0.524. The van der Waals surface area contributed by atoms with Gasteiger partial charge in [0, 0.05) is 14.1 Å². The zero-order chi connectivity index (χ0) is 15.2. The smallest absolute Gasteiger partial charge is 0.253 e. The van der Waals surface area contributed by atoms with Crippen LogP contribution in [0, 0.1) is 0 Å². The predicted molar refractivity (Wildman–Crippen MR) is 79.2 cm³/mol. The summed E-state index contributed by atoms with van der Waals surface area (Å²) < 4.78 is 25.3. The van der Waals surface area contributed by atoms with E-state index in [1.165, 1.54) is 19.2 Å². The molecule has 3 N–H and O–H groups in total. The second-order valence-corrected chi connectivity index (χ2v) is 6.28. The van der Waals surface area contributed by atoms with Crippen LogP contribution in [0.2, 0.25) is 0 Å². The summed E-state index contributed by atoms with van der Waals surface area (Å²) >= 11 is 4.77. The highest BCUT2D eigenvalue weighted by molar-refractivity contribution is 7.89. The highest BCUT2D eigenvalue weighted by Crippen LogP contribution is 2.12. The first-order valence-electron chi connectivity index (χ1n) is 5.66. The molecule has 0 heterocycles. The van der Waals surface area contributed by atoms with Gasteiger partial charge < -0.3 is 5.32 Å². The number of thiocarbonyl (C=S) groups is 1. The topological polar surface area (TPSA) is 90.5 Å². The fourth-order valence-corrected chi connectivity index (χ4v) is 2.49. The fraction of sp³-hybridized carbons (Fsp3) is 0.273. The Kier molecular flexibility index (Phi) is 5.86. The Bertz CT molecular complexity index is 575. The Morgan fingerprint density at radius 3 is 2.40 bits per heavy atom. The molecule has 1 amide bonds. The van der Waals surface area contributed by atoms with Crippen LogP contribution >= 0.6 is 12.2 Å². The molecule has 0 radical (unpaired) electrons. The van der Waals surface area contributed by atoms with Crippen LogP contribution in [0.4, 0.5) is 0 Å². The van der Waals surface area contributed by atoms with Crippen LogP contribution in [0.1, 0.15) is 0 Å². The molecule has 9 heteroatoms. The van der Waals surface area contributed by atoms with Crippen molar-refractivity contribution in [2.75, 3.05) is 20.6 Å². The van der Waals surface area contributed by atoms with E-state index in [1.54, 1.807) is 25.2 Å². The second-order valence-electron chi connectivity index (χ2n) is 3.83. The lowest BCUT2D eigenvalue weighted by atomic mass is 10.4. The molecule has 1 aromatic rings. The Morgan fingerprint density at radius 1 is 1.25 bits per heavy atom. The number of carbonyl (C=O) groups is 1. The van der Waals surface area contributed by atoms with Crippen molar-refractivity contribution in [1.82, 2.24) is 20.5 Å². The number of sulfonamides is 1. The lowest BCUT2D eigenvalue weighted by molar-refractivity contribution is -0.121. The Labute approximate surface area is 123 Å². The van der Waals surface area contributed by atoms with Crippen LogP contribution in [0.3, 0.4) is 0 Å². The van der Waals surface area contributed by atoms with E-state index < -0.39 is 15.9 Å².